The van der Waals surface area contributed by atoms with Crippen molar-refractivity contribution in [1.82, 2.24) is 9.97 Å². The van der Waals surface area contributed by atoms with E-state index in [0.717, 1.165) is 24.2 Å². The molecule has 0 radical (unpaired) electrons. The topological polar surface area (TPSA) is 75.1 Å². The molecule has 2 N–H and O–H groups in total. The Hall–Kier alpha value is -1.82. The quantitative estimate of drug-likeness (QED) is 0.852. The largest absolute Gasteiger partial charge is 0.478 e. The van der Waals surface area contributed by atoms with E-state index < -0.39 is 5.97 Å². The summed E-state index contributed by atoms with van der Waals surface area (Å²) in [6.45, 7) is 3.01. The predicted octanol–water partition coefficient (Wildman–Crippen LogP) is 2.88. The van der Waals surface area contributed by atoms with Gasteiger partial charge in [0.05, 0.1) is 11.1 Å². The van der Waals surface area contributed by atoms with Crippen LogP contribution in [-0.4, -0.2) is 39.1 Å². The second kappa shape index (κ2) is 6.56. The number of rotatable bonds is 6. The van der Waals surface area contributed by atoms with Crippen molar-refractivity contribution in [2.45, 2.75) is 18.6 Å². The Kier molecular flexibility index (Phi) is 4.79. The molecule has 0 spiro atoms. The molecule has 0 fully saturated rings. The molecule has 2 aromatic rings. The molecule has 0 aliphatic heterocycles. The molecule has 0 bridgehead atoms. The van der Waals surface area contributed by atoms with Gasteiger partial charge < -0.3 is 10.4 Å². The summed E-state index contributed by atoms with van der Waals surface area (Å²) >= 11 is 1.83. The molecule has 20 heavy (non-hydrogen) atoms. The molecular formula is C14H17N3O2S. The Bertz CT molecular complexity index is 618. The standard InChI is InChI=1S/C14H17N3O2S/c1-9(20-2)5-6-15-13-11-4-3-10(14(18)19)7-12(11)16-8-17-13/h3-4,7-9H,5-6H2,1-2H3,(H,18,19)(H,15,16,17). The maximum absolute atomic E-state index is 10.9. The monoisotopic (exact) mass is 291 g/mol. The smallest absolute Gasteiger partial charge is 0.335 e. The number of carbonyl (C=O) groups is 1. The summed E-state index contributed by atoms with van der Waals surface area (Å²) < 4.78 is 0. The molecule has 1 atom stereocenters. The van der Waals surface area contributed by atoms with Gasteiger partial charge in [0, 0.05) is 17.2 Å². The van der Waals surface area contributed by atoms with E-state index in [9.17, 15) is 4.79 Å². The van der Waals surface area contributed by atoms with Gasteiger partial charge >= 0.3 is 5.97 Å². The Balaban J connectivity index is 2.19. The molecule has 1 aromatic heterocycles. The number of hydrogen-bond acceptors (Lipinski definition) is 5. The van der Waals surface area contributed by atoms with Crippen LogP contribution >= 0.6 is 11.8 Å². The number of benzene rings is 1. The number of aromatic nitrogens is 2. The molecule has 1 heterocycles. The molecule has 5 nitrogen and oxygen atoms in total. The molecule has 0 aliphatic carbocycles. The van der Waals surface area contributed by atoms with Gasteiger partial charge in [-0.05, 0) is 30.9 Å². The van der Waals surface area contributed by atoms with Crippen molar-refractivity contribution in [1.29, 1.82) is 0 Å². The molecule has 2 rings (SSSR count). The van der Waals surface area contributed by atoms with Gasteiger partial charge in [0.25, 0.3) is 0 Å². The van der Waals surface area contributed by atoms with Crippen molar-refractivity contribution in [3.05, 3.63) is 30.1 Å². The lowest BCUT2D eigenvalue weighted by atomic mass is 10.1. The van der Waals surface area contributed by atoms with Gasteiger partial charge in [-0.3, -0.25) is 0 Å². The van der Waals surface area contributed by atoms with Crippen LogP contribution in [0.2, 0.25) is 0 Å². The summed E-state index contributed by atoms with van der Waals surface area (Å²) in [5.41, 5.74) is 0.874. The third-order valence-corrected chi connectivity index (χ3v) is 4.17. The van der Waals surface area contributed by atoms with Gasteiger partial charge in [-0.25, -0.2) is 14.8 Å². The number of thioether (sulfide) groups is 1. The van der Waals surface area contributed by atoms with E-state index in [2.05, 4.69) is 28.5 Å². The maximum atomic E-state index is 10.9. The lowest BCUT2D eigenvalue weighted by Crippen LogP contribution is -2.09. The minimum Gasteiger partial charge on any atom is -0.478 e. The van der Waals surface area contributed by atoms with Crippen LogP contribution < -0.4 is 5.32 Å². The lowest BCUT2D eigenvalue weighted by molar-refractivity contribution is 0.0697. The summed E-state index contributed by atoms with van der Waals surface area (Å²) in [5, 5.41) is 13.7. The summed E-state index contributed by atoms with van der Waals surface area (Å²) in [4.78, 5) is 19.3. The molecule has 106 valence electrons. The molecule has 6 heteroatoms. The van der Waals surface area contributed by atoms with Gasteiger partial charge in [-0.15, -0.1) is 0 Å². The first-order valence-corrected chi connectivity index (χ1v) is 7.65. The van der Waals surface area contributed by atoms with Crippen LogP contribution in [0.1, 0.15) is 23.7 Å². The van der Waals surface area contributed by atoms with E-state index >= 15 is 0 Å². The van der Waals surface area contributed by atoms with Crippen molar-refractivity contribution < 1.29 is 9.90 Å². The SMILES string of the molecule is CSC(C)CCNc1ncnc2cc(C(=O)O)ccc12. The third-order valence-electron chi connectivity index (χ3n) is 3.13. The highest BCUT2D eigenvalue weighted by molar-refractivity contribution is 7.99. The van der Waals surface area contributed by atoms with E-state index in [4.69, 9.17) is 5.11 Å². The Morgan fingerprint density at radius 2 is 2.25 bits per heavy atom. The number of nitrogens with one attached hydrogen (secondary N) is 1. The number of carboxylic acids is 1. The Labute approximate surface area is 121 Å². The van der Waals surface area contributed by atoms with Crippen LogP contribution in [-0.2, 0) is 0 Å². The van der Waals surface area contributed by atoms with Crippen molar-refractivity contribution in [2.75, 3.05) is 18.1 Å². The average Bonchev–Trinajstić information content (AvgIpc) is 2.46. The summed E-state index contributed by atoms with van der Waals surface area (Å²) in [6.07, 6.45) is 4.59. The molecule has 0 saturated heterocycles. The normalized spacial score (nSPS) is 12.3. The number of aromatic carboxylic acids is 1. The summed E-state index contributed by atoms with van der Waals surface area (Å²) in [5.74, 6) is -0.200. The molecule has 0 amide bonds. The minimum absolute atomic E-state index is 0.234. The van der Waals surface area contributed by atoms with Crippen molar-refractivity contribution in [3.8, 4) is 0 Å². The van der Waals surface area contributed by atoms with E-state index in [1.54, 1.807) is 18.2 Å². The lowest BCUT2D eigenvalue weighted by Gasteiger charge is -2.11. The van der Waals surface area contributed by atoms with Gasteiger partial charge in [-0.2, -0.15) is 11.8 Å². The maximum Gasteiger partial charge on any atom is 0.335 e. The van der Waals surface area contributed by atoms with Crippen LogP contribution in [0.15, 0.2) is 24.5 Å². The Morgan fingerprint density at radius 3 is 2.95 bits per heavy atom. The summed E-state index contributed by atoms with van der Waals surface area (Å²) in [6, 6.07) is 4.89. The van der Waals surface area contributed by atoms with Crippen LogP contribution in [0, 0.1) is 0 Å². The fourth-order valence-electron chi connectivity index (χ4n) is 1.84. The zero-order valence-electron chi connectivity index (χ0n) is 11.5. The van der Waals surface area contributed by atoms with E-state index in [0.29, 0.717) is 10.8 Å². The van der Waals surface area contributed by atoms with E-state index in [1.165, 1.54) is 6.33 Å². The van der Waals surface area contributed by atoms with Crippen LogP contribution in [0.3, 0.4) is 0 Å². The predicted molar refractivity (Wildman–Crippen MR) is 82.6 cm³/mol. The number of hydrogen-bond donors (Lipinski definition) is 2. The zero-order chi connectivity index (χ0) is 14.5. The fraction of sp³-hybridized carbons (Fsp3) is 0.357. The highest BCUT2D eigenvalue weighted by atomic mass is 32.2. The third kappa shape index (κ3) is 3.39. The Morgan fingerprint density at radius 1 is 1.45 bits per heavy atom. The van der Waals surface area contributed by atoms with E-state index in [-0.39, 0.29) is 5.56 Å². The number of fused-ring (bicyclic) bond motifs is 1. The first-order valence-electron chi connectivity index (χ1n) is 6.36. The minimum atomic E-state index is -0.950. The highest BCUT2D eigenvalue weighted by Crippen LogP contribution is 2.20. The van der Waals surface area contributed by atoms with E-state index in [1.807, 2.05) is 11.8 Å². The number of carboxylic acid groups (broad SMARTS) is 1. The van der Waals surface area contributed by atoms with Crippen LogP contribution in [0.25, 0.3) is 10.9 Å². The van der Waals surface area contributed by atoms with Crippen molar-refractivity contribution in [2.24, 2.45) is 0 Å². The van der Waals surface area contributed by atoms with Crippen LogP contribution in [0.4, 0.5) is 5.82 Å². The molecule has 1 unspecified atom stereocenters. The van der Waals surface area contributed by atoms with Crippen molar-refractivity contribution in [3.63, 3.8) is 0 Å². The van der Waals surface area contributed by atoms with Crippen molar-refractivity contribution >= 4 is 34.5 Å². The average molecular weight is 291 g/mol. The first-order chi connectivity index (χ1) is 9.61. The van der Waals surface area contributed by atoms with Crippen LogP contribution in [0.5, 0.6) is 0 Å². The summed E-state index contributed by atoms with van der Waals surface area (Å²) in [7, 11) is 0. The second-order valence-corrected chi connectivity index (χ2v) is 5.80. The first kappa shape index (κ1) is 14.6. The van der Waals surface area contributed by atoms with Gasteiger partial charge in [0.15, 0.2) is 0 Å². The number of nitrogens with zero attached hydrogens (tertiary/aromatic N) is 2. The molecule has 0 aliphatic rings. The molecular weight excluding hydrogens is 274 g/mol. The van der Waals surface area contributed by atoms with Gasteiger partial charge in [-0.1, -0.05) is 6.92 Å². The highest BCUT2D eigenvalue weighted by Gasteiger charge is 2.08. The second-order valence-electron chi connectivity index (χ2n) is 4.52. The van der Waals surface area contributed by atoms with Gasteiger partial charge in [0.2, 0.25) is 0 Å². The number of anilines is 1. The molecule has 1 aromatic carbocycles. The fourth-order valence-corrected chi connectivity index (χ4v) is 2.20. The zero-order valence-corrected chi connectivity index (χ0v) is 12.3. The van der Waals surface area contributed by atoms with Gasteiger partial charge in [0.1, 0.15) is 12.1 Å². The molecule has 0 saturated carbocycles.